The van der Waals surface area contributed by atoms with Crippen molar-refractivity contribution < 1.29 is 14.1 Å². The molecule has 0 atom stereocenters. The lowest BCUT2D eigenvalue weighted by atomic mass is 10.2. The number of aromatic nitrogens is 2. The number of aryl methyl sites for hydroxylation is 1. The van der Waals surface area contributed by atoms with Gasteiger partial charge in [-0.1, -0.05) is 28.1 Å². The summed E-state index contributed by atoms with van der Waals surface area (Å²) in [6.07, 6.45) is 1.31. The number of fused-ring (bicyclic) bond motifs is 1. The average molecular weight is 511 g/mol. The van der Waals surface area contributed by atoms with Crippen LogP contribution in [0.2, 0.25) is 0 Å². The molecule has 0 aliphatic heterocycles. The molecule has 0 saturated heterocycles. The van der Waals surface area contributed by atoms with Crippen LogP contribution in [0, 0.1) is 22.9 Å². The molecule has 1 heterocycles. The predicted octanol–water partition coefficient (Wildman–Crippen LogP) is 4.98. The fraction of sp³-hybridized carbons (Fsp3) is 0.0870. The molecule has 1 aromatic heterocycles. The molecule has 0 fully saturated rings. The summed E-state index contributed by atoms with van der Waals surface area (Å²) in [4.78, 5) is 28.1. The Morgan fingerprint density at radius 1 is 1.18 bits per heavy atom. The van der Waals surface area contributed by atoms with Crippen LogP contribution in [-0.2, 0) is 6.61 Å². The number of rotatable bonds is 6. The number of halogens is 2. The zero-order chi connectivity index (χ0) is 23.5. The highest BCUT2D eigenvalue weighted by Crippen LogP contribution is 2.24. The van der Waals surface area contributed by atoms with Crippen molar-refractivity contribution in [1.29, 1.82) is 0 Å². The normalized spacial score (nSPS) is 11.2. The highest BCUT2D eigenvalue weighted by Gasteiger charge is 2.12. The van der Waals surface area contributed by atoms with Crippen LogP contribution in [0.4, 0.5) is 10.1 Å². The van der Waals surface area contributed by atoms with Gasteiger partial charge in [0.2, 0.25) is 0 Å². The third-order valence-corrected chi connectivity index (χ3v) is 5.29. The molecule has 3 aromatic carbocycles. The van der Waals surface area contributed by atoms with Crippen LogP contribution in [0.15, 0.2) is 75.0 Å². The zero-order valence-corrected chi connectivity index (χ0v) is 18.8. The number of nitro benzene ring substituents is 1. The lowest BCUT2D eigenvalue weighted by molar-refractivity contribution is -0.384. The van der Waals surface area contributed by atoms with Crippen LogP contribution in [0.5, 0.6) is 5.75 Å². The summed E-state index contributed by atoms with van der Waals surface area (Å²) in [7, 11) is 0. The number of nitrogens with zero attached hydrogens (tertiary/aromatic N) is 4. The first-order valence-corrected chi connectivity index (χ1v) is 10.5. The monoisotopic (exact) mass is 510 g/mol. The molecule has 33 heavy (non-hydrogen) atoms. The summed E-state index contributed by atoms with van der Waals surface area (Å²) >= 11 is 3.34. The van der Waals surface area contributed by atoms with Gasteiger partial charge in [-0.3, -0.25) is 14.9 Å². The molecule has 0 bridgehead atoms. The fourth-order valence-electron chi connectivity index (χ4n) is 3.14. The molecule has 0 spiro atoms. The van der Waals surface area contributed by atoms with Gasteiger partial charge in [0.05, 0.1) is 22.0 Å². The smallest absolute Gasteiger partial charge is 0.282 e. The molecule has 0 saturated carbocycles. The van der Waals surface area contributed by atoms with E-state index in [4.69, 9.17) is 4.74 Å². The second-order valence-corrected chi connectivity index (χ2v) is 7.99. The van der Waals surface area contributed by atoms with Crippen LogP contribution in [0.3, 0.4) is 0 Å². The lowest BCUT2D eigenvalue weighted by Gasteiger charge is -2.10. The van der Waals surface area contributed by atoms with E-state index in [1.807, 2.05) is 0 Å². The van der Waals surface area contributed by atoms with Gasteiger partial charge in [0.15, 0.2) is 0 Å². The van der Waals surface area contributed by atoms with Gasteiger partial charge < -0.3 is 4.74 Å². The highest BCUT2D eigenvalue weighted by molar-refractivity contribution is 9.10. The standard InChI is InChI=1S/C23H16BrFN4O4/c1-14-27-21-8-4-17(24)11-20(21)23(30)28(14)26-12-16-10-19(29(31)32)7-9-22(16)33-13-15-2-5-18(25)6-3-15/h2-12H,13H2,1H3. The number of benzene rings is 3. The molecule has 0 N–H and O–H groups in total. The Bertz CT molecular complexity index is 1450. The number of hydrogen-bond acceptors (Lipinski definition) is 6. The maximum Gasteiger partial charge on any atom is 0.282 e. The maximum atomic E-state index is 13.1. The van der Waals surface area contributed by atoms with Gasteiger partial charge >= 0.3 is 0 Å². The van der Waals surface area contributed by atoms with Crippen LogP contribution < -0.4 is 10.3 Å². The van der Waals surface area contributed by atoms with Gasteiger partial charge in [-0.2, -0.15) is 9.78 Å². The van der Waals surface area contributed by atoms with Crippen molar-refractivity contribution in [1.82, 2.24) is 9.66 Å². The minimum atomic E-state index is -0.534. The quantitative estimate of drug-likeness (QED) is 0.207. The zero-order valence-electron chi connectivity index (χ0n) is 17.2. The summed E-state index contributed by atoms with van der Waals surface area (Å²) in [6, 6.07) is 15.0. The lowest BCUT2D eigenvalue weighted by Crippen LogP contribution is -2.20. The van der Waals surface area contributed by atoms with E-state index < -0.39 is 4.92 Å². The first-order valence-electron chi connectivity index (χ1n) is 9.71. The Hall–Kier alpha value is -3.92. The largest absolute Gasteiger partial charge is 0.488 e. The minimum Gasteiger partial charge on any atom is -0.488 e. The summed E-state index contributed by atoms with van der Waals surface area (Å²) in [5, 5.41) is 15.9. The molecular formula is C23H16BrFN4O4. The number of ether oxygens (including phenoxy) is 1. The van der Waals surface area contributed by atoms with Gasteiger partial charge in [-0.05, 0) is 48.9 Å². The van der Waals surface area contributed by atoms with Crippen LogP contribution >= 0.6 is 15.9 Å². The molecule has 0 unspecified atom stereocenters. The highest BCUT2D eigenvalue weighted by atomic mass is 79.9. The summed E-state index contributed by atoms with van der Waals surface area (Å²) in [5.41, 5.74) is 1.01. The van der Waals surface area contributed by atoms with E-state index in [0.717, 1.165) is 9.15 Å². The fourth-order valence-corrected chi connectivity index (χ4v) is 3.50. The first-order chi connectivity index (χ1) is 15.8. The van der Waals surface area contributed by atoms with Gasteiger partial charge in [0.25, 0.3) is 11.2 Å². The Morgan fingerprint density at radius 3 is 2.67 bits per heavy atom. The molecule has 10 heteroatoms. The first kappa shape index (κ1) is 22.3. The molecule has 4 aromatic rings. The topological polar surface area (TPSA) is 99.6 Å². The molecule has 0 aliphatic rings. The summed E-state index contributed by atoms with van der Waals surface area (Å²) < 4.78 is 20.8. The Labute approximate surface area is 195 Å². The molecule has 0 aliphatic carbocycles. The van der Waals surface area contributed by atoms with Gasteiger partial charge in [0, 0.05) is 22.2 Å². The molecule has 4 rings (SSSR count). The van der Waals surface area contributed by atoms with Crippen molar-refractivity contribution in [2.75, 3.05) is 0 Å². The van der Waals surface area contributed by atoms with Crippen molar-refractivity contribution in [2.24, 2.45) is 5.10 Å². The average Bonchev–Trinajstić information content (AvgIpc) is 2.79. The molecule has 0 radical (unpaired) electrons. The third-order valence-electron chi connectivity index (χ3n) is 4.79. The Kier molecular flexibility index (Phi) is 6.27. The second-order valence-electron chi connectivity index (χ2n) is 7.08. The van der Waals surface area contributed by atoms with Crippen LogP contribution in [0.1, 0.15) is 17.0 Å². The Balaban J connectivity index is 1.71. The van der Waals surface area contributed by atoms with E-state index in [0.29, 0.717) is 33.6 Å². The number of nitro groups is 1. The van der Waals surface area contributed by atoms with Gasteiger partial charge in [-0.15, -0.1) is 0 Å². The van der Waals surface area contributed by atoms with E-state index in [1.165, 1.54) is 36.5 Å². The summed E-state index contributed by atoms with van der Waals surface area (Å²) in [5.74, 6) is 0.305. The maximum absolute atomic E-state index is 13.1. The molecule has 0 amide bonds. The summed E-state index contributed by atoms with van der Waals surface area (Å²) in [6.45, 7) is 1.75. The minimum absolute atomic E-state index is 0.115. The van der Waals surface area contributed by atoms with Gasteiger partial charge in [0.1, 0.15) is 24.0 Å². The second kappa shape index (κ2) is 9.29. The number of non-ortho nitro benzene ring substituents is 1. The molecular weight excluding hydrogens is 495 g/mol. The number of hydrogen-bond donors (Lipinski definition) is 0. The van der Waals surface area contributed by atoms with Crippen molar-refractivity contribution in [3.05, 3.63) is 108 Å². The van der Waals surface area contributed by atoms with E-state index in [-0.39, 0.29) is 23.7 Å². The molecule has 8 nitrogen and oxygen atoms in total. The predicted molar refractivity (Wildman–Crippen MR) is 125 cm³/mol. The van der Waals surface area contributed by atoms with E-state index in [1.54, 1.807) is 37.3 Å². The van der Waals surface area contributed by atoms with Crippen LogP contribution in [-0.4, -0.2) is 20.8 Å². The van der Waals surface area contributed by atoms with Crippen molar-refractivity contribution >= 4 is 38.7 Å². The SMILES string of the molecule is Cc1nc2ccc(Br)cc2c(=O)n1N=Cc1cc([N+](=O)[O-])ccc1OCc1ccc(F)cc1. The van der Waals surface area contributed by atoms with Crippen molar-refractivity contribution in [2.45, 2.75) is 13.5 Å². The Morgan fingerprint density at radius 2 is 1.94 bits per heavy atom. The van der Waals surface area contributed by atoms with E-state index in [9.17, 15) is 19.3 Å². The van der Waals surface area contributed by atoms with E-state index >= 15 is 0 Å². The van der Waals surface area contributed by atoms with Crippen molar-refractivity contribution in [3.8, 4) is 5.75 Å². The van der Waals surface area contributed by atoms with Crippen LogP contribution in [0.25, 0.3) is 10.9 Å². The van der Waals surface area contributed by atoms with Gasteiger partial charge in [-0.25, -0.2) is 9.37 Å². The third kappa shape index (κ3) is 4.96. The van der Waals surface area contributed by atoms with Crippen molar-refractivity contribution in [3.63, 3.8) is 0 Å². The molecule has 166 valence electrons. The van der Waals surface area contributed by atoms with E-state index in [2.05, 4.69) is 26.0 Å².